The molecule has 0 spiro atoms. The van der Waals surface area contributed by atoms with E-state index in [4.69, 9.17) is 0 Å². The molecule has 3 heterocycles. The van der Waals surface area contributed by atoms with Gasteiger partial charge in [-0.15, -0.1) is 11.3 Å². The molecule has 0 amide bonds. The predicted octanol–water partition coefficient (Wildman–Crippen LogP) is 3.99. The number of benzene rings is 1. The van der Waals surface area contributed by atoms with E-state index in [0.29, 0.717) is 23.5 Å². The molecule has 0 radical (unpaired) electrons. The number of thiazole rings is 1. The summed E-state index contributed by atoms with van der Waals surface area (Å²) in [7, 11) is -3.83. The molecule has 31 heavy (non-hydrogen) atoms. The Morgan fingerprint density at radius 1 is 1.19 bits per heavy atom. The zero-order valence-corrected chi connectivity index (χ0v) is 18.8. The van der Waals surface area contributed by atoms with Gasteiger partial charge in [-0.3, -0.25) is 9.62 Å². The van der Waals surface area contributed by atoms with Crippen LogP contribution >= 0.6 is 11.3 Å². The first-order valence-electron chi connectivity index (χ1n) is 10.0. The van der Waals surface area contributed by atoms with Gasteiger partial charge in [0.25, 0.3) is 10.0 Å². The molecule has 164 valence electrons. The minimum atomic E-state index is -3.83. The number of hydrogen-bond donors (Lipinski definition) is 2. The van der Waals surface area contributed by atoms with Gasteiger partial charge in [0, 0.05) is 24.0 Å². The van der Waals surface area contributed by atoms with Gasteiger partial charge in [0.1, 0.15) is 5.82 Å². The summed E-state index contributed by atoms with van der Waals surface area (Å²) in [6.45, 7) is 4.82. The molecule has 0 aliphatic carbocycles. The number of aromatic nitrogens is 2. The van der Waals surface area contributed by atoms with Crippen molar-refractivity contribution in [3.63, 3.8) is 0 Å². The highest BCUT2D eigenvalue weighted by atomic mass is 32.2. The molecular formula is C21H24FN5O2S2. The van der Waals surface area contributed by atoms with Gasteiger partial charge in [0.15, 0.2) is 10.8 Å². The number of anilines is 2. The average molecular weight is 462 g/mol. The summed E-state index contributed by atoms with van der Waals surface area (Å²) in [5.41, 5.74) is 4.30. The number of likely N-dealkylation sites (tertiary alicyclic amines) is 1. The van der Waals surface area contributed by atoms with Gasteiger partial charge in [0.05, 0.1) is 16.9 Å². The number of rotatable bonds is 8. The molecule has 1 aliphatic rings. The zero-order valence-electron chi connectivity index (χ0n) is 17.1. The lowest BCUT2D eigenvalue weighted by Crippen LogP contribution is -2.20. The van der Waals surface area contributed by atoms with Crippen LogP contribution in [0.25, 0.3) is 0 Å². The highest BCUT2D eigenvalue weighted by molar-refractivity contribution is 7.92. The van der Waals surface area contributed by atoms with E-state index in [1.807, 2.05) is 6.07 Å². The van der Waals surface area contributed by atoms with Crippen LogP contribution in [-0.4, -0.2) is 36.4 Å². The second-order valence-electron chi connectivity index (χ2n) is 7.48. The summed E-state index contributed by atoms with van der Waals surface area (Å²) in [5.74, 6) is 0.0122. The molecular weight excluding hydrogens is 437 g/mol. The molecule has 0 atom stereocenters. The van der Waals surface area contributed by atoms with Crippen LogP contribution in [0.4, 0.5) is 15.9 Å². The Kier molecular flexibility index (Phi) is 6.49. The van der Waals surface area contributed by atoms with Crippen molar-refractivity contribution in [2.24, 2.45) is 0 Å². The van der Waals surface area contributed by atoms with Crippen molar-refractivity contribution in [2.75, 3.05) is 23.1 Å². The summed E-state index contributed by atoms with van der Waals surface area (Å²) < 4.78 is 42.0. The van der Waals surface area contributed by atoms with E-state index < -0.39 is 10.0 Å². The number of halogens is 1. The quantitative estimate of drug-likeness (QED) is 0.527. The fraction of sp³-hybridized carbons (Fsp3) is 0.333. The number of hydrogen-bond acceptors (Lipinski definition) is 7. The van der Waals surface area contributed by atoms with E-state index in [9.17, 15) is 12.8 Å². The Morgan fingerprint density at radius 2 is 2.00 bits per heavy atom. The second-order valence-corrected chi connectivity index (χ2v) is 9.82. The van der Waals surface area contributed by atoms with Crippen molar-refractivity contribution in [3.05, 3.63) is 63.9 Å². The normalized spacial score (nSPS) is 14.6. The maximum absolute atomic E-state index is 14.6. The largest absolute Gasteiger partial charge is 0.379 e. The SMILES string of the molecule is Cc1nc(S(=O)(=O)Nc2cscn2)ccc1NCc1c(F)cccc1CN1CCCC1. The average Bonchev–Trinajstić information content (AvgIpc) is 3.42. The molecule has 0 saturated carbocycles. The molecule has 1 fully saturated rings. The maximum atomic E-state index is 14.6. The maximum Gasteiger partial charge on any atom is 0.280 e. The van der Waals surface area contributed by atoms with E-state index in [0.717, 1.165) is 25.2 Å². The summed E-state index contributed by atoms with van der Waals surface area (Å²) in [4.78, 5) is 10.5. The number of sulfonamides is 1. The fourth-order valence-electron chi connectivity index (χ4n) is 3.64. The van der Waals surface area contributed by atoms with Gasteiger partial charge >= 0.3 is 0 Å². The Hall–Kier alpha value is -2.56. The molecule has 1 aromatic carbocycles. The first-order valence-corrected chi connectivity index (χ1v) is 12.5. The van der Waals surface area contributed by atoms with Crippen LogP contribution in [0.1, 0.15) is 29.7 Å². The van der Waals surface area contributed by atoms with Crippen LogP contribution in [0, 0.1) is 12.7 Å². The number of pyridine rings is 1. The van der Waals surface area contributed by atoms with Crippen LogP contribution in [0.15, 0.2) is 46.2 Å². The Morgan fingerprint density at radius 3 is 2.71 bits per heavy atom. The van der Waals surface area contributed by atoms with Crippen LogP contribution < -0.4 is 10.0 Å². The van der Waals surface area contributed by atoms with E-state index in [2.05, 4.69) is 24.9 Å². The predicted molar refractivity (Wildman–Crippen MR) is 120 cm³/mol. The molecule has 3 aromatic rings. The Balaban J connectivity index is 1.48. The lowest BCUT2D eigenvalue weighted by Gasteiger charge is -2.19. The molecule has 0 bridgehead atoms. The fourth-order valence-corrected chi connectivity index (χ4v) is 5.20. The minimum absolute atomic E-state index is 0.0934. The van der Waals surface area contributed by atoms with E-state index in [1.54, 1.807) is 29.9 Å². The Bertz CT molecular complexity index is 1150. The molecule has 10 heteroatoms. The number of nitrogens with one attached hydrogen (secondary N) is 2. The van der Waals surface area contributed by atoms with E-state index in [1.165, 1.54) is 36.3 Å². The standard InChI is InChI=1S/C21H24FN5O2S2/c1-15-19(7-8-21(25-15)31(28,29)26-20-13-30-14-24-20)23-11-17-16(5-4-6-18(17)22)12-27-9-2-3-10-27/h4-8,13-14,23,26H,2-3,9-12H2,1H3. The third kappa shape index (κ3) is 5.20. The van der Waals surface area contributed by atoms with Crippen molar-refractivity contribution in [2.45, 2.75) is 37.9 Å². The number of nitrogens with zero attached hydrogens (tertiary/aromatic N) is 3. The van der Waals surface area contributed by atoms with Crippen molar-refractivity contribution >= 4 is 32.9 Å². The summed E-state index contributed by atoms with van der Waals surface area (Å²) in [6.07, 6.45) is 2.36. The highest BCUT2D eigenvalue weighted by Gasteiger charge is 2.19. The molecule has 0 unspecified atom stereocenters. The monoisotopic (exact) mass is 461 g/mol. The summed E-state index contributed by atoms with van der Waals surface area (Å²) in [6, 6.07) is 8.25. The lowest BCUT2D eigenvalue weighted by atomic mass is 10.1. The van der Waals surface area contributed by atoms with Gasteiger partial charge in [0.2, 0.25) is 0 Å². The molecule has 2 N–H and O–H groups in total. The van der Waals surface area contributed by atoms with Gasteiger partial charge in [-0.2, -0.15) is 8.42 Å². The van der Waals surface area contributed by atoms with Crippen LogP contribution in [0.5, 0.6) is 0 Å². The van der Waals surface area contributed by atoms with Crippen molar-refractivity contribution in [3.8, 4) is 0 Å². The van der Waals surface area contributed by atoms with Gasteiger partial charge in [-0.1, -0.05) is 12.1 Å². The third-order valence-corrected chi connectivity index (χ3v) is 7.11. The first-order chi connectivity index (χ1) is 14.9. The summed E-state index contributed by atoms with van der Waals surface area (Å²) in [5, 5.41) is 4.72. The van der Waals surface area contributed by atoms with Crippen LogP contribution in [0.2, 0.25) is 0 Å². The van der Waals surface area contributed by atoms with Gasteiger partial charge in [-0.25, -0.2) is 14.4 Å². The highest BCUT2D eigenvalue weighted by Crippen LogP contribution is 2.22. The second kappa shape index (κ2) is 9.29. The van der Waals surface area contributed by atoms with E-state index >= 15 is 0 Å². The zero-order chi connectivity index (χ0) is 21.8. The molecule has 1 saturated heterocycles. The lowest BCUT2D eigenvalue weighted by molar-refractivity contribution is 0.329. The van der Waals surface area contributed by atoms with Gasteiger partial charge in [-0.05, 0) is 56.6 Å². The molecule has 1 aliphatic heterocycles. The topological polar surface area (TPSA) is 87.2 Å². The van der Waals surface area contributed by atoms with Crippen LogP contribution in [0.3, 0.4) is 0 Å². The smallest absolute Gasteiger partial charge is 0.280 e. The summed E-state index contributed by atoms with van der Waals surface area (Å²) >= 11 is 1.30. The van der Waals surface area contributed by atoms with Crippen molar-refractivity contribution in [1.29, 1.82) is 0 Å². The molecule has 2 aromatic heterocycles. The number of aryl methyl sites for hydroxylation is 1. The van der Waals surface area contributed by atoms with Crippen LogP contribution in [-0.2, 0) is 23.1 Å². The first kappa shape index (κ1) is 21.7. The van der Waals surface area contributed by atoms with Crippen molar-refractivity contribution < 1.29 is 12.8 Å². The Labute approximate surface area is 185 Å². The molecule has 7 nitrogen and oxygen atoms in total. The third-order valence-electron chi connectivity index (χ3n) is 5.27. The van der Waals surface area contributed by atoms with Crippen molar-refractivity contribution in [1.82, 2.24) is 14.9 Å². The molecule has 4 rings (SSSR count). The van der Waals surface area contributed by atoms with Gasteiger partial charge < -0.3 is 5.32 Å². The minimum Gasteiger partial charge on any atom is -0.379 e. The van der Waals surface area contributed by atoms with E-state index in [-0.39, 0.29) is 16.7 Å².